The molecule has 5 N–H and O–H groups in total. The molecule has 3 unspecified atom stereocenters. The molecule has 51 heavy (non-hydrogen) atoms. The minimum Gasteiger partial charge on any atom is -0.481 e. The number of nitrogens with zero attached hydrogens (tertiary/aromatic N) is 3. The van der Waals surface area contributed by atoms with E-state index in [2.05, 4.69) is 22.6 Å². The van der Waals surface area contributed by atoms with Crippen LogP contribution in [0.3, 0.4) is 0 Å². The Morgan fingerprint density at radius 3 is 2.10 bits per heavy atom. The molecule has 280 valence electrons. The maximum atomic E-state index is 13.4. The number of Topliss-reactive ketones (excluding diaryl/α,β-unsaturated/α-hetero) is 1. The molecule has 0 aliphatic carbocycles. The summed E-state index contributed by atoms with van der Waals surface area (Å²) in [4.78, 5) is 73.1. The van der Waals surface area contributed by atoms with Gasteiger partial charge in [0.1, 0.15) is 11.8 Å². The van der Waals surface area contributed by atoms with E-state index >= 15 is 0 Å². The van der Waals surface area contributed by atoms with Crippen LogP contribution >= 0.6 is 0 Å². The lowest BCUT2D eigenvalue weighted by Gasteiger charge is -2.29. The van der Waals surface area contributed by atoms with Crippen molar-refractivity contribution in [2.45, 2.75) is 115 Å². The van der Waals surface area contributed by atoms with Gasteiger partial charge in [-0.25, -0.2) is 19.1 Å². The zero-order valence-corrected chi connectivity index (χ0v) is 29.3. The summed E-state index contributed by atoms with van der Waals surface area (Å²) in [6.45, 7) is 3.96. The molecule has 0 saturated heterocycles. The van der Waals surface area contributed by atoms with Gasteiger partial charge in [0.05, 0.1) is 30.8 Å². The molecule has 1 amide bonds. The highest BCUT2D eigenvalue weighted by Crippen LogP contribution is 2.26. The van der Waals surface area contributed by atoms with Crippen molar-refractivity contribution in [2.75, 3.05) is 6.61 Å². The highest BCUT2D eigenvalue weighted by molar-refractivity contribution is 5.94. The first-order valence-corrected chi connectivity index (χ1v) is 17.4. The predicted octanol–water partition coefficient (Wildman–Crippen LogP) is 4.29. The SMILES string of the molecule is CCCCCCCC(=O)CCCCCC/C=C/C(C(=O)NC(Cc1ccc(-n2cc(C(=O)OCC)nn2)cc1)C(=O)O)C(O)(CC(=O)O)C(=O)O. The number of unbranched alkanes of at least 4 members (excludes halogenated alkanes) is 8. The van der Waals surface area contributed by atoms with Gasteiger partial charge in [-0.15, -0.1) is 5.10 Å². The van der Waals surface area contributed by atoms with E-state index in [-0.39, 0.29) is 24.5 Å². The molecule has 1 aromatic carbocycles. The molecule has 0 spiro atoms. The number of carboxylic acids is 3. The maximum Gasteiger partial charge on any atom is 0.360 e. The fourth-order valence-corrected chi connectivity index (χ4v) is 5.40. The summed E-state index contributed by atoms with van der Waals surface area (Å²) < 4.78 is 6.21. The Morgan fingerprint density at radius 1 is 0.902 bits per heavy atom. The summed E-state index contributed by atoms with van der Waals surface area (Å²) in [5.74, 6) is -8.56. The van der Waals surface area contributed by atoms with E-state index in [9.17, 15) is 49.2 Å². The minimum absolute atomic E-state index is 0.00539. The second-order valence-electron chi connectivity index (χ2n) is 12.4. The Hall–Kier alpha value is -4.92. The Bertz CT molecular complexity index is 1490. The summed E-state index contributed by atoms with van der Waals surface area (Å²) in [5.41, 5.74) is -2.12. The fourth-order valence-electron chi connectivity index (χ4n) is 5.40. The lowest BCUT2D eigenvalue weighted by Crippen LogP contribution is -2.55. The number of hydrogen-bond acceptors (Lipinski definition) is 10. The number of aliphatic carboxylic acids is 3. The van der Waals surface area contributed by atoms with E-state index in [4.69, 9.17) is 4.74 Å². The normalized spacial score (nSPS) is 13.6. The van der Waals surface area contributed by atoms with Crippen LogP contribution in [0.5, 0.6) is 0 Å². The third kappa shape index (κ3) is 14.5. The largest absolute Gasteiger partial charge is 0.481 e. The number of allylic oxidation sites excluding steroid dienone is 1. The van der Waals surface area contributed by atoms with Gasteiger partial charge in [-0.2, -0.15) is 0 Å². The first-order valence-electron chi connectivity index (χ1n) is 17.4. The van der Waals surface area contributed by atoms with E-state index in [0.29, 0.717) is 36.9 Å². The van der Waals surface area contributed by atoms with Crippen LogP contribution in [0, 0.1) is 5.92 Å². The number of rotatable bonds is 26. The van der Waals surface area contributed by atoms with Gasteiger partial charge in [0.15, 0.2) is 11.3 Å². The van der Waals surface area contributed by atoms with E-state index in [1.165, 1.54) is 23.4 Å². The van der Waals surface area contributed by atoms with Crippen LogP contribution in [0.1, 0.15) is 113 Å². The Balaban J connectivity index is 2.04. The Labute approximate surface area is 297 Å². The highest BCUT2D eigenvalue weighted by Gasteiger charge is 2.49. The van der Waals surface area contributed by atoms with Crippen molar-refractivity contribution >= 4 is 35.6 Å². The van der Waals surface area contributed by atoms with Crippen LogP contribution in [-0.4, -0.2) is 89.2 Å². The molecule has 1 aromatic heterocycles. The van der Waals surface area contributed by atoms with Crippen molar-refractivity contribution in [3.63, 3.8) is 0 Å². The van der Waals surface area contributed by atoms with Crippen molar-refractivity contribution < 1.29 is 53.9 Å². The molecule has 0 radical (unpaired) electrons. The number of ketones is 1. The molecule has 0 bridgehead atoms. The lowest BCUT2D eigenvalue weighted by molar-refractivity contribution is -0.172. The minimum atomic E-state index is -3.06. The number of aromatic nitrogens is 3. The smallest absolute Gasteiger partial charge is 0.360 e. The number of aliphatic hydroxyl groups is 1. The lowest BCUT2D eigenvalue weighted by atomic mass is 9.82. The molecule has 0 aliphatic heterocycles. The number of carboxylic acid groups (broad SMARTS) is 3. The first kappa shape index (κ1) is 42.2. The summed E-state index contributed by atoms with van der Waals surface area (Å²) in [5, 5.41) is 49.9. The zero-order valence-electron chi connectivity index (χ0n) is 29.3. The zero-order chi connectivity index (χ0) is 37.8. The van der Waals surface area contributed by atoms with Crippen molar-refractivity contribution in [3.8, 4) is 5.69 Å². The van der Waals surface area contributed by atoms with Crippen LogP contribution in [0.15, 0.2) is 42.6 Å². The van der Waals surface area contributed by atoms with Crippen molar-refractivity contribution in [3.05, 3.63) is 53.9 Å². The average Bonchev–Trinajstić information content (AvgIpc) is 3.58. The fraction of sp³-hybridized carbons (Fsp3) is 0.556. The van der Waals surface area contributed by atoms with Gasteiger partial charge in [0.25, 0.3) is 0 Å². The van der Waals surface area contributed by atoms with Crippen molar-refractivity contribution in [1.82, 2.24) is 20.3 Å². The number of hydrogen-bond donors (Lipinski definition) is 5. The molecule has 0 aliphatic rings. The number of carbonyl (C=O) groups excluding carboxylic acids is 3. The van der Waals surface area contributed by atoms with Crippen LogP contribution in [-0.2, 0) is 35.1 Å². The van der Waals surface area contributed by atoms with Gasteiger partial charge < -0.3 is 30.5 Å². The summed E-state index contributed by atoms with van der Waals surface area (Å²) in [6.07, 6.45) is 12.2. The number of carbonyl (C=O) groups is 6. The number of amides is 1. The third-order valence-electron chi connectivity index (χ3n) is 8.29. The molecular weight excluding hydrogens is 664 g/mol. The van der Waals surface area contributed by atoms with Gasteiger partial charge >= 0.3 is 23.9 Å². The Kier molecular flexibility index (Phi) is 18.2. The van der Waals surface area contributed by atoms with Crippen LogP contribution in [0.2, 0.25) is 0 Å². The van der Waals surface area contributed by atoms with Crippen LogP contribution in [0.25, 0.3) is 5.69 Å². The molecule has 15 heteroatoms. The Morgan fingerprint density at radius 2 is 1.53 bits per heavy atom. The molecule has 1 heterocycles. The molecule has 15 nitrogen and oxygen atoms in total. The second kappa shape index (κ2) is 22.0. The van der Waals surface area contributed by atoms with Crippen molar-refractivity contribution in [2.24, 2.45) is 5.92 Å². The summed E-state index contributed by atoms with van der Waals surface area (Å²) in [7, 11) is 0. The van der Waals surface area contributed by atoms with Gasteiger partial charge in [0.2, 0.25) is 5.91 Å². The number of nitrogens with one attached hydrogen (secondary N) is 1. The van der Waals surface area contributed by atoms with E-state index in [0.717, 1.165) is 51.0 Å². The third-order valence-corrected chi connectivity index (χ3v) is 8.29. The molecule has 2 rings (SSSR count). The number of benzene rings is 1. The van der Waals surface area contributed by atoms with Crippen LogP contribution < -0.4 is 5.32 Å². The molecule has 0 fully saturated rings. The number of ether oxygens (including phenoxy) is 1. The summed E-state index contributed by atoms with van der Waals surface area (Å²) in [6, 6.07) is 4.71. The van der Waals surface area contributed by atoms with E-state index in [1.807, 2.05) is 0 Å². The molecular formula is C36H50N4O11. The average molecular weight is 715 g/mol. The molecule has 0 saturated carbocycles. The topological polar surface area (TPSA) is 235 Å². The summed E-state index contributed by atoms with van der Waals surface area (Å²) >= 11 is 0. The van der Waals surface area contributed by atoms with Gasteiger partial charge in [-0.1, -0.05) is 74.9 Å². The first-order chi connectivity index (χ1) is 24.3. The predicted molar refractivity (Wildman–Crippen MR) is 184 cm³/mol. The van der Waals surface area contributed by atoms with E-state index in [1.54, 1.807) is 31.2 Å². The highest BCUT2D eigenvalue weighted by atomic mass is 16.5. The van der Waals surface area contributed by atoms with Gasteiger partial charge in [-0.05, 0) is 50.3 Å². The second-order valence-corrected chi connectivity index (χ2v) is 12.4. The van der Waals surface area contributed by atoms with Gasteiger partial charge in [0, 0.05) is 19.3 Å². The molecule has 3 atom stereocenters. The monoisotopic (exact) mass is 714 g/mol. The molecule has 2 aromatic rings. The standard InChI is InChI=1S/C36H50N4O11/c1-3-5-6-9-12-15-27(41)16-13-10-7-8-11-14-17-28(36(50,35(48)49)23-31(42)43)32(44)37-29(33(45)46)22-25-18-20-26(21-19-25)40-24-30(38-39-40)34(47)51-4-2/h14,17-21,24,28-29,50H,3-13,15-16,22-23H2,1-2H3,(H,37,44)(H,42,43)(H,45,46)(H,48,49)/b17-14+. The quantitative estimate of drug-likeness (QED) is 0.0520. The van der Waals surface area contributed by atoms with E-state index < -0.39 is 53.8 Å². The van der Waals surface area contributed by atoms with Crippen LogP contribution in [0.4, 0.5) is 0 Å². The van der Waals surface area contributed by atoms with Crippen molar-refractivity contribution in [1.29, 1.82) is 0 Å². The van der Waals surface area contributed by atoms with Gasteiger partial charge in [-0.3, -0.25) is 14.4 Å². The maximum absolute atomic E-state index is 13.4. The number of esters is 1.